The molecule has 3 aromatic rings. The highest BCUT2D eigenvalue weighted by Gasteiger charge is 2.27. The highest BCUT2D eigenvalue weighted by molar-refractivity contribution is 5.97. The summed E-state index contributed by atoms with van der Waals surface area (Å²) in [7, 11) is 0. The minimum Gasteiger partial charge on any atom is -0.491 e. The molecule has 2 aliphatic rings. The van der Waals surface area contributed by atoms with Crippen molar-refractivity contribution in [3.63, 3.8) is 0 Å². The van der Waals surface area contributed by atoms with Crippen molar-refractivity contribution in [2.45, 2.75) is 25.7 Å². The first-order chi connectivity index (χ1) is 16.7. The van der Waals surface area contributed by atoms with Crippen LogP contribution < -0.4 is 9.47 Å². The smallest absolute Gasteiger partial charge is 0.257 e. The number of aliphatic hydroxyl groups is 1. The van der Waals surface area contributed by atoms with Gasteiger partial charge in [0, 0.05) is 50.2 Å². The molecule has 0 saturated heterocycles. The van der Waals surface area contributed by atoms with Gasteiger partial charge in [0.2, 0.25) is 0 Å². The van der Waals surface area contributed by atoms with E-state index in [1.807, 2.05) is 12.1 Å². The van der Waals surface area contributed by atoms with E-state index in [1.165, 1.54) is 11.1 Å². The first kappa shape index (κ1) is 22.4. The van der Waals surface area contributed by atoms with Crippen LogP contribution in [0.4, 0.5) is 0 Å². The summed E-state index contributed by atoms with van der Waals surface area (Å²) in [6.07, 6.45) is 3.84. The van der Waals surface area contributed by atoms with Crippen molar-refractivity contribution < 1.29 is 19.4 Å². The molecule has 1 unspecified atom stereocenters. The third-order valence-electron chi connectivity index (χ3n) is 6.33. The van der Waals surface area contributed by atoms with Crippen molar-refractivity contribution in [1.29, 1.82) is 0 Å². The number of aliphatic hydroxyl groups excluding tert-OH is 1. The standard InChI is InChI=1S/C27H29N3O4/c31-23(17-29-11-9-21-5-1-2-6-22(21)16-29)18-30-12-13-33-26-14-24(7-8-25(26)27(30)32)34-19-20-4-3-10-28-15-20/h1-8,10,14-15,23,31H,9,11-13,16-19H2. The number of amides is 1. The number of benzene rings is 2. The van der Waals surface area contributed by atoms with Crippen molar-refractivity contribution >= 4 is 5.91 Å². The monoisotopic (exact) mass is 459 g/mol. The van der Waals surface area contributed by atoms with Crippen molar-refractivity contribution in [2.24, 2.45) is 0 Å². The number of aromatic nitrogens is 1. The molecule has 176 valence electrons. The highest BCUT2D eigenvalue weighted by Crippen LogP contribution is 2.29. The molecule has 3 heterocycles. The lowest BCUT2D eigenvalue weighted by Crippen LogP contribution is -2.44. The number of β-amino-alcohol motifs (C(OH)–C–C–N with tert-alkyl or cyclic N) is 1. The molecule has 0 aliphatic carbocycles. The van der Waals surface area contributed by atoms with E-state index in [2.05, 4.69) is 34.1 Å². The van der Waals surface area contributed by atoms with E-state index in [1.54, 1.807) is 35.5 Å². The quantitative estimate of drug-likeness (QED) is 0.586. The van der Waals surface area contributed by atoms with Gasteiger partial charge in [-0.25, -0.2) is 0 Å². The van der Waals surface area contributed by atoms with Gasteiger partial charge in [0.25, 0.3) is 5.91 Å². The Bertz CT molecular complexity index is 1140. The summed E-state index contributed by atoms with van der Waals surface area (Å²) in [5.41, 5.74) is 4.15. The van der Waals surface area contributed by atoms with Crippen LogP contribution in [0.5, 0.6) is 11.5 Å². The molecule has 7 heteroatoms. The number of hydrogen-bond donors (Lipinski definition) is 1. The summed E-state index contributed by atoms with van der Waals surface area (Å²) in [4.78, 5) is 21.2. The Morgan fingerprint density at radius 2 is 1.94 bits per heavy atom. The summed E-state index contributed by atoms with van der Waals surface area (Å²) < 4.78 is 11.7. The second kappa shape index (κ2) is 10.2. The van der Waals surface area contributed by atoms with Crippen LogP contribution in [0.2, 0.25) is 0 Å². The average molecular weight is 460 g/mol. The molecule has 0 radical (unpaired) electrons. The molecule has 1 atom stereocenters. The molecular weight excluding hydrogens is 430 g/mol. The Morgan fingerprint density at radius 1 is 1.06 bits per heavy atom. The molecule has 2 aliphatic heterocycles. The molecule has 0 bridgehead atoms. The van der Waals surface area contributed by atoms with Gasteiger partial charge in [-0.15, -0.1) is 0 Å². The molecular formula is C27H29N3O4. The van der Waals surface area contributed by atoms with Crippen molar-refractivity contribution in [2.75, 3.05) is 32.8 Å². The van der Waals surface area contributed by atoms with Gasteiger partial charge in [0.15, 0.2) is 0 Å². The maximum Gasteiger partial charge on any atom is 0.257 e. The van der Waals surface area contributed by atoms with Crippen LogP contribution in [0.15, 0.2) is 67.0 Å². The fourth-order valence-corrected chi connectivity index (χ4v) is 4.57. The van der Waals surface area contributed by atoms with Gasteiger partial charge in [-0.2, -0.15) is 0 Å². The predicted octanol–water partition coefficient (Wildman–Crippen LogP) is 2.91. The summed E-state index contributed by atoms with van der Waals surface area (Å²) in [5, 5.41) is 10.8. The molecule has 1 N–H and O–H groups in total. The third-order valence-corrected chi connectivity index (χ3v) is 6.33. The van der Waals surface area contributed by atoms with E-state index in [4.69, 9.17) is 9.47 Å². The summed E-state index contributed by atoms with van der Waals surface area (Å²) in [5.74, 6) is 1.02. The fraction of sp³-hybridized carbons (Fsp3) is 0.333. The molecule has 2 aromatic carbocycles. The topological polar surface area (TPSA) is 75.1 Å². The van der Waals surface area contributed by atoms with E-state index in [-0.39, 0.29) is 12.5 Å². The van der Waals surface area contributed by atoms with Crippen LogP contribution in [0.1, 0.15) is 27.0 Å². The largest absolute Gasteiger partial charge is 0.491 e. The van der Waals surface area contributed by atoms with E-state index in [0.29, 0.717) is 43.4 Å². The normalized spacial score (nSPS) is 16.7. The number of carbonyl (C=O) groups is 1. The highest BCUT2D eigenvalue weighted by atomic mass is 16.5. The maximum atomic E-state index is 13.2. The number of rotatable bonds is 7. The lowest BCUT2D eigenvalue weighted by atomic mass is 10.00. The van der Waals surface area contributed by atoms with Crippen molar-refractivity contribution in [1.82, 2.24) is 14.8 Å². The van der Waals surface area contributed by atoms with Gasteiger partial charge in [0.1, 0.15) is 24.7 Å². The molecule has 1 aromatic heterocycles. The fourth-order valence-electron chi connectivity index (χ4n) is 4.57. The number of nitrogens with zero attached hydrogens (tertiary/aromatic N) is 3. The Hall–Kier alpha value is -3.42. The third kappa shape index (κ3) is 5.21. The zero-order chi connectivity index (χ0) is 23.3. The maximum absolute atomic E-state index is 13.2. The first-order valence-corrected chi connectivity index (χ1v) is 11.7. The van der Waals surface area contributed by atoms with Gasteiger partial charge in [-0.05, 0) is 35.7 Å². The predicted molar refractivity (Wildman–Crippen MR) is 128 cm³/mol. The Kier molecular flexibility index (Phi) is 6.74. The Labute approximate surface area is 199 Å². The van der Waals surface area contributed by atoms with E-state index in [0.717, 1.165) is 25.1 Å². The summed E-state index contributed by atoms with van der Waals surface area (Å²) >= 11 is 0. The second-order valence-electron chi connectivity index (χ2n) is 8.82. The zero-order valence-electron chi connectivity index (χ0n) is 19.1. The zero-order valence-corrected chi connectivity index (χ0v) is 19.1. The SMILES string of the molecule is O=C1c2ccc(OCc3cccnc3)cc2OCCN1CC(O)CN1CCc2ccccc2C1. The second-order valence-corrected chi connectivity index (χ2v) is 8.82. The van der Waals surface area contributed by atoms with Gasteiger partial charge in [-0.1, -0.05) is 30.3 Å². The molecule has 34 heavy (non-hydrogen) atoms. The van der Waals surface area contributed by atoms with Crippen LogP contribution in [0.25, 0.3) is 0 Å². The molecule has 5 rings (SSSR count). The first-order valence-electron chi connectivity index (χ1n) is 11.7. The molecule has 0 spiro atoms. The molecule has 7 nitrogen and oxygen atoms in total. The van der Waals surface area contributed by atoms with E-state index < -0.39 is 6.10 Å². The lowest BCUT2D eigenvalue weighted by molar-refractivity contribution is 0.0501. The minimum atomic E-state index is -0.627. The number of hydrogen-bond acceptors (Lipinski definition) is 6. The average Bonchev–Trinajstić information content (AvgIpc) is 3.01. The number of fused-ring (bicyclic) bond motifs is 2. The van der Waals surface area contributed by atoms with Crippen LogP contribution in [-0.2, 0) is 19.6 Å². The Morgan fingerprint density at radius 3 is 2.79 bits per heavy atom. The van der Waals surface area contributed by atoms with Crippen molar-refractivity contribution in [3.05, 3.63) is 89.2 Å². The molecule has 0 saturated carbocycles. The number of ether oxygens (including phenoxy) is 2. The van der Waals surface area contributed by atoms with E-state index in [9.17, 15) is 9.90 Å². The van der Waals surface area contributed by atoms with Crippen LogP contribution in [0, 0.1) is 0 Å². The number of carbonyl (C=O) groups excluding carboxylic acids is 1. The van der Waals surface area contributed by atoms with Crippen molar-refractivity contribution in [3.8, 4) is 11.5 Å². The van der Waals surface area contributed by atoms with Gasteiger partial charge < -0.3 is 19.5 Å². The van der Waals surface area contributed by atoms with Gasteiger partial charge >= 0.3 is 0 Å². The minimum absolute atomic E-state index is 0.130. The summed E-state index contributed by atoms with van der Waals surface area (Å²) in [6, 6.07) is 17.5. The van der Waals surface area contributed by atoms with Gasteiger partial charge in [-0.3, -0.25) is 14.7 Å². The van der Waals surface area contributed by atoms with Gasteiger partial charge in [0.05, 0.1) is 18.2 Å². The van der Waals surface area contributed by atoms with Crippen LogP contribution >= 0.6 is 0 Å². The van der Waals surface area contributed by atoms with Crippen LogP contribution in [0.3, 0.4) is 0 Å². The van der Waals surface area contributed by atoms with Crippen LogP contribution in [-0.4, -0.2) is 64.7 Å². The summed E-state index contributed by atoms with van der Waals surface area (Å²) in [6.45, 7) is 3.74. The lowest BCUT2D eigenvalue weighted by Gasteiger charge is -2.32. The Balaban J connectivity index is 1.19. The van der Waals surface area contributed by atoms with E-state index >= 15 is 0 Å². The number of pyridine rings is 1. The molecule has 0 fully saturated rings. The molecule has 1 amide bonds.